The van der Waals surface area contributed by atoms with Crippen molar-refractivity contribution in [1.29, 1.82) is 0 Å². The number of ether oxygens (including phenoxy) is 1. The molecule has 0 saturated carbocycles. The summed E-state index contributed by atoms with van der Waals surface area (Å²) in [7, 11) is 0. The zero-order chi connectivity index (χ0) is 19.3. The van der Waals surface area contributed by atoms with E-state index in [9.17, 15) is 19.5 Å². The fraction of sp³-hybridized carbons (Fsp3) is 0.526. The number of benzene rings is 1. The second-order valence-electron chi connectivity index (χ2n) is 6.82. The Balaban J connectivity index is 1.90. The summed E-state index contributed by atoms with van der Waals surface area (Å²) in [4.78, 5) is 37.7. The molecule has 1 unspecified atom stereocenters. The maximum Gasteiger partial charge on any atom is 0.311 e. The lowest BCUT2D eigenvalue weighted by molar-refractivity contribution is -0.151. The van der Waals surface area contributed by atoms with E-state index in [1.165, 1.54) is 4.90 Å². The van der Waals surface area contributed by atoms with E-state index < -0.39 is 11.4 Å². The van der Waals surface area contributed by atoms with E-state index in [0.717, 1.165) is 0 Å². The average molecular weight is 362 g/mol. The summed E-state index contributed by atoms with van der Waals surface area (Å²) in [6.45, 7) is 6.55. The third-order valence-electron chi connectivity index (χ3n) is 5.01. The number of hydrogen-bond donors (Lipinski definition) is 2. The Hall–Kier alpha value is -2.57. The van der Waals surface area contributed by atoms with Gasteiger partial charge < -0.3 is 20.1 Å². The molecule has 2 N–H and O–H groups in total. The van der Waals surface area contributed by atoms with Gasteiger partial charge in [0.1, 0.15) is 5.75 Å². The number of carbonyl (C=O) groups excluding carboxylic acids is 2. The van der Waals surface area contributed by atoms with Crippen LogP contribution >= 0.6 is 0 Å². The molecular formula is C19H26N2O5. The minimum Gasteiger partial charge on any atom is -0.494 e. The minimum absolute atomic E-state index is 0.0729. The van der Waals surface area contributed by atoms with Crippen molar-refractivity contribution < 1.29 is 24.2 Å². The number of nitrogens with zero attached hydrogens (tertiary/aromatic N) is 1. The van der Waals surface area contributed by atoms with Gasteiger partial charge in [0.15, 0.2) is 0 Å². The van der Waals surface area contributed by atoms with Gasteiger partial charge in [-0.15, -0.1) is 0 Å². The molecule has 1 atom stereocenters. The molecule has 1 saturated heterocycles. The maximum absolute atomic E-state index is 12.4. The lowest BCUT2D eigenvalue weighted by Gasteiger charge is -2.28. The first-order valence-corrected chi connectivity index (χ1v) is 8.82. The molecule has 142 valence electrons. The van der Waals surface area contributed by atoms with E-state index in [4.69, 9.17) is 4.74 Å². The molecule has 2 rings (SSSR count). The first-order valence-electron chi connectivity index (χ1n) is 8.82. The summed E-state index contributed by atoms with van der Waals surface area (Å²) in [5, 5.41) is 12.1. The van der Waals surface area contributed by atoms with E-state index >= 15 is 0 Å². The topological polar surface area (TPSA) is 95.9 Å². The van der Waals surface area contributed by atoms with Crippen LogP contribution in [0.2, 0.25) is 0 Å². The lowest BCUT2D eigenvalue weighted by atomic mass is 9.76. The van der Waals surface area contributed by atoms with Crippen molar-refractivity contribution in [2.24, 2.45) is 11.3 Å². The molecule has 1 aliphatic heterocycles. The standard InChI is InChI=1S/C19H26N2O5/c1-4-26-15-7-5-14(6-8-15)17(23)20-11-16(22)21-10-9-19(12-21,13(2)3)18(24)25/h5-8,13H,4,9-12H2,1-3H3,(H,20,23)(H,24,25). The zero-order valence-electron chi connectivity index (χ0n) is 15.4. The minimum atomic E-state index is -0.908. The van der Waals surface area contributed by atoms with Crippen LogP contribution in [0.5, 0.6) is 5.75 Å². The largest absolute Gasteiger partial charge is 0.494 e. The van der Waals surface area contributed by atoms with Crippen molar-refractivity contribution in [3.05, 3.63) is 29.8 Å². The van der Waals surface area contributed by atoms with Crippen LogP contribution in [0, 0.1) is 11.3 Å². The van der Waals surface area contributed by atoms with Crippen LogP contribution in [-0.4, -0.2) is 54.0 Å². The van der Waals surface area contributed by atoms with Crippen LogP contribution in [-0.2, 0) is 9.59 Å². The normalized spacial score (nSPS) is 19.5. The summed E-state index contributed by atoms with van der Waals surface area (Å²) >= 11 is 0. The lowest BCUT2D eigenvalue weighted by Crippen LogP contribution is -2.43. The van der Waals surface area contributed by atoms with Crippen LogP contribution < -0.4 is 10.1 Å². The first kappa shape index (κ1) is 19.8. The summed E-state index contributed by atoms with van der Waals surface area (Å²) in [5.41, 5.74) is -0.473. The predicted octanol–water partition coefficient (Wildman–Crippen LogP) is 1.77. The Morgan fingerprint density at radius 2 is 1.92 bits per heavy atom. The highest BCUT2D eigenvalue weighted by Gasteiger charge is 2.48. The smallest absolute Gasteiger partial charge is 0.311 e. The van der Waals surface area contributed by atoms with Gasteiger partial charge >= 0.3 is 5.97 Å². The second kappa shape index (κ2) is 8.21. The van der Waals surface area contributed by atoms with E-state index in [-0.39, 0.29) is 30.8 Å². The maximum atomic E-state index is 12.4. The summed E-state index contributed by atoms with van der Waals surface area (Å²) in [6.07, 6.45) is 0.429. The third kappa shape index (κ3) is 4.15. The molecule has 0 radical (unpaired) electrons. The van der Waals surface area contributed by atoms with Crippen molar-refractivity contribution in [3.8, 4) is 5.75 Å². The van der Waals surface area contributed by atoms with Gasteiger partial charge in [-0.3, -0.25) is 14.4 Å². The van der Waals surface area contributed by atoms with Gasteiger partial charge in [-0.25, -0.2) is 0 Å². The summed E-state index contributed by atoms with van der Waals surface area (Å²) in [6, 6.07) is 6.67. The van der Waals surface area contributed by atoms with Crippen LogP contribution in [0.1, 0.15) is 37.6 Å². The van der Waals surface area contributed by atoms with E-state index in [2.05, 4.69) is 5.32 Å². The van der Waals surface area contributed by atoms with Crippen LogP contribution in [0.4, 0.5) is 0 Å². The Labute approximate surface area is 153 Å². The molecule has 1 aliphatic rings. The molecule has 1 aromatic rings. The van der Waals surface area contributed by atoms with Gasteiger partial charge in [0, 0.05) is 18.7 Å². The number of amides is 2. The molecule has 1 fully saturated rings. The predicted molar refractivity (Wildman–Crippen MR) is 96.0 cm³/mol. The highest BCUT2D eigenvalue weighted by atomic mass is 16.5. The Morgan fingerprint density at radius 1 is 1.27 bits per heavy atom. The van der Waals surface area contributed by atoms with Crippen molar-refractivity contribution >= 4 is 17.8 Å². The summed E-state index contributed by atoms with van der Waals surface area (Å²) in [5.74, 6) is -0.893. The van der Waals surface area contributed by atoms with Gasteiger partial charge in [-0.1, -0.05) is 13.8 Å². The molecular weight excluding hydrogens is 336 g/mol. The number of likely N-dealkylation sites (tertiary alicyclic amines) is 1. The van der Waals surface area contributed by atoms with Crippen LogP contribution in [0.3, 0.4) is 0 Å². The van der Waals surface area contributed by atoms with Crippen molar-refractivity contribution in [3.63, 3.8) is 0 Å². The number of nitrogens with one attached hydrogen (secondary N) is 1. The summed E-state index contributed by atoms with van der Waals surface area (Å²) < 4.78 is 5.32. The zero-order valence-corrected chi connectivity index (χ0v) is 15.4. The fourth-order valence-corrected chi connectivity index (χ4v) is 3.18. The van der Waals surface area contributed by atoms with Crippen molar-refractivity contribution in [1.82, 2.24) is 10.2 Å². The van der Waals surface area contributed by atoms with E-state index in [0.29, 0.717) is 30.9 Å². The Bertz CT molecular complexity index is 671. The number of carboxylic acid groups (broad SMARTS) is 1. The molecule has 2 amide bonds. The number of carbonyl (C=O) groups is 3. The monoisotopic (exact) mass is 362 g/mol. The van der Waals surface area contributed by atoms with Gasteiger partial charge in [-0.2, -0.15) is 0 Å². The average Bonchev–Trinajstić information content (AvgIpc) is 3.07. The van der Waals surface area contributed by atoms with Crippen LogP contribution in [0.25, 0.3) is 0 Å². The van der Waals surface area contributed by atoms with Gasteiger partial charge in [0.25, 0.3) is 5.91 Å². The number of hydrogen-bond acceptors (Lipinski definition) is 4. The number of aliphatic carboxylic acids is 1. The fourth-order valence-electron chi connectivity index (χ4n) is 3.18. The SMILES string of the molecule is CCOc1ccc(C(=O)NCC(=O)N2CCC(C(=O)O)(C(C)C)C2)cc1. The molecule has 0 bridgehead atoms. The van der Waals surface area contributed by atoms with E-state index in [1.807, 2.05) is 20.8 Å². The third-order valence-corrected chi connectivity index (χ3v) is 5.01. The van der Waals surface area contributed by atoms with Gasteiger partial charge in [0.05, 0.1) is 18.6 Å². The number of carboxylic acids is 1. The molecule has 0 aliphatic carbocycles. The Morgan fingerprint density at radius 3 is 2.42 bits per heavy atom. The van der Waals surface area contributed by atoms with Gasteiger partial charge in [-0.05, 0) is 43.5 Å². The van der Waals surface area contributed by atoms with Gasteiger partial charge in [0.2, 0.25) is 5.91 Å². The van der Waals surface area contributed by atoms with Crippen molar-refractivity contribution in [2.75, 3.05) is 26.2 Å². The Kier molecular flexibility index (Phi) is 6.23. The number of rotatable bonds is 7. The highest BCUT2D eigenvalue weighted by Crippen LogP contribution is 2.38. The molecule has 26 heavy (non-hydrogen) atoms. The quantitative estimate of drug-likeness (QED) is 0.771. The van der Waals surface area contributed by atoms with Crippen molar-refractivity contribution in [2.45, 2.75) is 27.2 Å². The first-order chi connectivity index (χ1) is 12.3. The van der Waals surface area contributed by atoms with Crippen LogP contribution in [0.15, 0.2) is 24.3 Å². The molecule has 0 aromatic heterocycles. The molecule has 1 heterocycles. The second-order valence-corrected chi connectivity index (χ2v) is 6.82. The highest BCUT2D eigenvalue weighted by molar-refractivity contribution is 5.96. The molecule has 7 nitrogen and oxygen atoms in total. The van der Waals surface area contributed by atoms with E-state index in [1.54, 1.807) is 24.3 Å². The molecule has 7 heteroatoms. The molecule has 0 spiro atoms. The molecule has 1 aromatic carbocycles.